The van der Waals surface area contributed by atoms with Crippen LogP contribution in [0.5, 0.6) is 11.5 Å². The van der Waals surface area contributed by atoms with Crippen LogP contribution in [0.3, 0.4) is 0 Å². The topological polar surface area (TPSA) is 55.4 Å². The number of rotatable bonds is 4. The third kappa shape index (κ3) is 6.10. The SMILES string of the molecule is Cc1cc(C(C)(C)C)c(OP2OCC3(COP(Oc4ccccc4)OC3)CO2)c(C(C)(C)C)c1. The minimum atomic E-state index is -1.52. The Kier molecular flexibility index (Phi) is 7.60. The zero-order valence-corrected chi connectivity index (χ0v) is 23.0. The van der Waals surface area contributed by atoms with Gasteiger partial charge in [0.05, 0.1) is 31.8 Å². The Morgan fingerprint density at radius 3 is 1.59 bits per heavy atom. The van der Waals surface area contributed by atoms with Crippen molar-refractivity contribution in [3.63, 3.8) is 0 Å². The fourth-order valence-electron chi connectivity index (χ4n) is 3.82. The van der Waals surface area contributed by atoms with E-state index in [4.69, 9.17) is 27.1 Å². The Morgan fingerprint density at radius 1 is 0.706 bits per heavy atom. The maximum atomic E-state index is 6.48. The van der Waals surface area contributed by atoms with E-state index in [-0.39, 0.29) is 16.2 Å². The first-order valence-corrected chi connectivity index (χ1v) is 13.8. The van der Waals surface area contributed by atoms with E-state index < -0.39 is 17.2 Å². The molecule has 2 aromatic carbocycles. The summed E-state index contributed by atoms with van der Waals surface area (Å²) in [5.74, 6) is 1.61. The molecule has 0 N–H and O–H groups in total. The van der Waals surface area contributed by atoms with Crippen molar-refractivity contribution in [2.45, 2.75) is 59.3 Å². The van der Waals surface area contributed by atoms with E-state index in [1.165, 1.54) is 16.7 Å². The van der Waals surface area contributed by atoms with Crippen LogP contribution in [0.15, 0.2) is 42.5 Å². The maximum Gasteiger partial charge on any atom is 0.397 e. The van der Waals surface area contributed by atoms with Crippen LogP contribution in [0.2, 0.25) is 0 Å². The fraction of sp³-hybridized carbons (Fsp3) is 0.538. The lowest BCUT2D eigenvalue weighted by atomic mass is 9.78. The van der Waals surface area contributed by atoms with E-state index >= 15 is 0 Å². The Hall–Kier alpha value is -1.26. The van der Waals surface area contributed by atoms with Gasteiger partial charge < -0.3 is 27.1 Å². The number of para-hydroxylation sites is 1. The van der Waals surface area contributed by atoms with Gasteiger partial charge in [-0.1, -0.05) is 77.4 Å². The molecule has 2 fully saturated rings. The van der Waals surface area contributed by atoms with Crippen LogP contribution in [0.4, 0.5) is 0 Å². The molecule has 186 valence electrons. The molecule has 2 heterocycles. The molecule has 0 saturated carbocycles. The number of benzene rings is 2. The third-order valence-electron chi connectivity index (χ3n) is 5.84. The van der Waals surface area contributed by atoms with Crippen molar-refractivity contribution < 1.29 is 27.1 Å². The first-order valence-electron chi connectivity index (χ1n) is 11.6. The van der Waals surface area contributed by atoms with Gasteiger partial charge in [-0.3, -0.25) is 0 Å². The largest absolute Gasteiger partial charge is 0.427 e. The van der Waals surface area contributed by atoms with E-state index in [9.17, 15) is 0 Å². The lowest BCUT2D eigenvalue weighted by molar-refractivity contribution is -0.0673. The van der Waals surface area contributed by atoms with Crippen LogP contribution in [0.25, 0.3) is 0 Å². The minimum absolute atomic E-state index is 0.0747. The van der Waals surface area contributed by atoms with E-state index in [2.05, 4.69) is 60.6 Å². The lowest BCUT2D eigenvalue weighted by Gasteiger charge is -2.41. The van der Waals surface area contributed by atoms with Gasteiger partial charge in [0, 0.05) is 11.1 Å². The summed E-state index contributed by atoms with van der Waals surface area (Å²) in [4.78, 5) is 0. The fourth-order valence-corrected chi connectivity index (χ4v) is 6.33. The summed E-state index contributed by atoms with van der Waals surface area (Å²) < 4.78 is 36.3. The summed E-state index contributed by atoms with van der Waals surface area (Å²) in [6, 6.07) is 14.0. The summed E-state index contributed by atoms with van der Waals surface area (Å²) in [5.41, 5.74) is 3.06. The van der Waals surface area contributed by atoms with Crippen LogP contribution in [-0.2, 0) is 28.9 Å². The monoisotopic (exact) mass is 506 g/mol. The summed E-state index contributed by atoms with van der Waals surface area (Å²) in [6.45, 7) is 17.2. The van der Waals surface area contributed by atoms with Crippen molar-refractivity contribution in [2.24, 2.45) is 5.41 Å². The van der Waals surface area contributed by atoms with Gasteiger partial charge in [0.15, 0.2) is 0 Å². The number of hydrogen-bond acceptors (Lipinski definition) is 6. The van der Waals surface area contributed by atoms with Crippen molar-refractivity contribution in [2.75, 3.05) is 26.4 Å². The predicted octanol–water partition coefficient (Wildman–Crippen LogP) is 7.58. The molecule has 0 atom stereocenters. The molecule has 2 aliphatic heterocycles. The molecule has 0 unspecified atom stereocenters. The maximum absolute atomic E-state index is 6.48. The lowest BCUT2D eigenvalue weighted by Crippen LogP contribution is -2.45. The van der Waals surface area contributed by atoms with Gasteiger partial charge in [-0.15, -0.1) is 0 Å². The highest BCUT2D eigenvalue weighted by atomic mass is 31.2. The number of hydrogen-bond donors (Lipinski definition) is 0. The van der Waals surface area contributed by atoms with Crippen LogP contribution in [0.1, 0.15) is 58.2 Å². The highest BCUT2D eigenvalue weighted by Crippen LogP contribution is 2.55. The molecule has 1 spiro atoms. The normalized spacial score (nSPS) is 25.9. The third-order valence-corrected chi connectivity index (χ3v) is 7.89. The first-order chi connectivity index (χ1) is 16.0. The zero-order chi connectivity index (χ0) is 24.6. The van der Waals surface area contributed by atoms with Crippen LogP contribution in [0, 0.1) is 12.3 Å². The van der Waals surface area contributed by atoms with Crippen molar-refractivity contribution in [3.05, 3.63) is 59.2 Å². The van der Waals surface area contributed by atoms with Crippen LogP contribution >= 0.6 is 17.2 Å². The standard InChI is InChI=1S/C26H36O6P2/c1-19-13-21(24(2,3)4)23(22(14-19)25(5,6)7)32-34-29-17-26(18-30-34)15-27-33(28-16-26)31-20-11-9-8-10-12-20/h8-14H,15-18H2,1-7H3. The van der Waals surface area contributed by atoms with Crippen LogP contribution < -0.4 is 9.05 Å². The Bertz CT molecular complexity index is 930. The van der Waals surface area contributed by atoms with Gasteiger partial charge in [0.2, 0.25) is 0 Å². The molecular weight excluding hydrogens is 470 g/mol. The second kappa shape index (κ2) is 10.0. The molecule has 0 aromatic heterocycles. The molecule has 0 bridgehead atoms. The quantitative estimate of drug-likeness (QED) is 0.399. The molecule has 34 heavy (non-hydrogen) atoms. The minimum Gasteiger partial charge on any atom is -0.427 e. The van der Waals surface area contributed by atoms with Crippen molar-refractivity contribution in [1.82, 2.24) is 0 Å². The van der Waals surface area contributed by atoms with Gasteiger partial charge >= 0.3 is 17.2 Å². The molecule has 6 nitrogen and oxygen atoms in total. The van der Waals surface area contributed by atoms with Gasteiger partial charge in [0.25, 0.3) is 0 Å². The van der Waals surface area contributed by atoms with E-state index in [0.717, 1.165) is 11.5 Å². The first kappa shape index (κ1) is 25.8. The van der Waals surface area contributed by atoms with Gasteiger partial charge in [-0.05, 0) is 29.9 Å². The smallest absolute Gasteiger partial charge is 0.397 e. The van der Waals surface area contributed by atoms with Crippen molar-refractivity contribution >= 4 is 17.2 Å². The number of aryl methyl sites for hydroxylation is 1. The van der Waals surface area contributed by atoms with E-state index in [0.29, 0.717) is 26.4 Å². The van der Waals surface area contributed by atoms with E-state index in [1.54, 1.807) is 0 Å². The van der Waals surface area contributed by atoms with Gasteiger partial charge in [-0.2, -0.15) is 0 Å². The molecule has 0 radical (unpaired) electrons. The van der Waals surface area contributed by atoms with Crippen LogP contribution in [-0.4, -0.2) is 26.4 Å². The Labute approximate surface area is 206 Å². The molecule has 0 aliphatic carbocycles. The molecule has 0 amide bonds. The summed E-state index contributed by atoms with van der Waals surface area (Å²) in [6.07, 6.45) is 0. The molecular formula is C26H36O6P2. The second-order valence-electron chi connectivity index (χ2n) is 11.2. The molecule has 2 saturated heterocycles. The average molecular weight is 507 g/mol. The van der Waals surface area contributed by atoms with Crippen molar-refractivity contribution in [3.8, 4) is 11.5 Å². The highest BCUT2D eigenvalue weighted by molar-refractivity contribution is 7.42. The van der Waals surface area contributed by atoms with E-state index in [1.807, 2.05) is 30.3 Å². The zero-order valence-electron chi connectivity index (χ0n) is 21.2. The molecule has 2 aliphatic rings. The van der Waals surface area contributed by atoms with Gasteiger partial charge in [-0.25, -0.2) is 0 Å². The molecule has 4 rings (SSSR count). The Morgan fingerprint density at radius 2 is 1.15 bits per heavy atom. The molecule has 8 heteroatoms. The summed E-state index contributed by atoms with van der Waals surface area (Å²) in [5, 5.41) is 0. The summed E-state index contributed by atoms with van der Waals surface area (Å²) in [7, 11) is -2.95. The average Bonchev–Trinajstić information content (AvgIpc) is 2.77. The second-order valence-corrected chi connectivity index (χ2v) is 13.5. The Balaban J connectivity index is 1.41. The van der Waals surface area contributed by atoms with Crippen molar-refractivity contribution in [1.29, 1.82) is 0 Å². The highest BCUT2D eigenvalue weighted by Gasteiger charge is 2.45. The van der Waals surface area contributed by atoms with Gasteiger partial charge in [0.1, 0.15) is 11.5 Å². The predicted molar refractivity (Wildman–Crippen MR) is 136 cm³/mol. The molecule has 2 aromatic rings. The summed E-state index contributed by atoms with van der Waals surface area (Å²) >= 11 is 0.